The van der Waals surface area contributed by atoms with Crippen LogP contribution in [0.15, 0.2) is 24.3 Å². The molecule has 1 aliphatic rings. The highest BCUT2D eigenvalue weighted by Crippen LogP contribution is 2.37. The fraction of sp³-hybridized carbons (Fsp3) is 0.455. The van der Waals surface area contributed by atoms with Crippen LogP contribution >= 0.6 is 0 Å². The Hall–Kier alpha value is -0.860. The van der Waals surface area contributed by atoms with Crippen LogP contribution in [0.4, 0.5) is 0 Å². The van der Waals surface area contributed by atoms with Crippen LogP contribution in [0, 0.1) is 5.92 Å². The van der Waals surface area contributed by atoms with Gasteiger partial charge in [-0.1, -0.05) is 24.3 Å². The Labute approximate surface area is 77.8 Å². The van der Waals surface area contributed by atoms with E-state index in [1.807, 2.05) is 18.2 Å². The molecule has 0 aliphatic heterocycles. The molecule has 1 aliphatic carbocycles. The molecule has 2 heteroatoms. The second kappa shape index (κ2) is 3.48. The van der Waals surface area contributed by atoms with Crippen LogP contribution in [0.2, 0.25) is 0 Å². The van der Waals surface area contributed by atoms with Gasteiger partial charge in [-0.15, -0.1) is 0 Å². The van der Waals surface area contributed by atoms with Crippen molar-refractivity contribution in [3.8, 4) is 0 Å². The number of fused-ring (bicyclic) bond motifs is 1. The summed E-state index contributed by atoms with van der Waals surface area (Å²) in [6.07, 6.45) is 1.22. The summed E-state index contributed by atoms with van der Waals surface area (Å²) >= 11 is 0. The quantitative estimate of drug-likeness (QED) is 0.716. The van der Waals surface area contributed by atoms with Gasteiger partial charge in [0.15, 0.2) is 0 Å². The molecular formula is C11H14O2. The smallest absolute Gasteiger partial charge is 0.0824 e. The van der Waals surface area contributed by atoms with Crippen LogP contribution < -0.4 is 0 Å². The Morgan fingerprint density at radius 3 is 2.77 bits per heavy atom. The summed E-state index contributed by atoms with van der Waals surface area (Å²) in [4.78, 5) is 0. The van der Waals surface area contributed by atoms with E-state index in [1.54, 1.807) is 0 Å². The first-order valence-electron chi connectivity index (χ1n) is 4.69. The second-order valence-corrected chi connectivity index (χ2v) is 3.62. The van der Waals surface area contributed by atoms with Gasteiger partial charge >= 0.3 is 0 Å². The molecule has 2 rings (SSSR count). The van der Waals surface area contributed by atoms with Crippen LogP contribution in [0.25, 0.3) is 0 Å². The summed E-state index contributed by atoms with van der Waals surface area (Å²) < 4.78 is 0. The minimum atomic E-state index is -0.372. The highest BCUT2D eigenvalue weighted by atomic mass is 16.3. The fourth-order valence-electron chi connectivity index (χ4n) is 2.08. The van der Waals surface area contributed by atoms with Crippen LogP contribution in [-0.4, -0.2) is 16.8 Å². The van der Waals surface area contributed by atoms with E-state index in [0.717, 1.165) is 12.0 Å². The lowest BCUT2D eigenvalue weighted by atomic mass is 10.0. The SMILES string of the molecule is OCC[C@H]1Cc2ccccc2[C@H]1O. The minimum absolute atomic E-state index is 0.162. The van der Waals surface area contributed by atoms with Gasteiger partial charge in [0.25, 0.3) is 0 Å². The summed E-state index contributed by atoms with van der Waals surface area (Å²) in [5.74, 6) is 0.211. The van der Waals surface area contributed by atoms with Crippen molar-refractivity contribution in [3.63, 3.8) is 0 Å². The number of hydrogen-bond donors (Lipinski definition) is 2. The standard InChI is InChI=1S/C11H14O2/c12-6-5-9-7-8-3-1-2-4-10(8)11(9)13/h1-4,9,11-13H,5-7H2/t9-,11-/m0/s1. The molecule has 0 bridgehead atoms. The Morgan fingerprint density at radius 1 is 1.31 bits per heavy atom. The van der Waals surface area contributed by atoms with E-state index in [2.05, 4.69) is 6.07 Å². The third kappa shape index (κ3) is 1.47. The molecule has 70 valence electrons. The molecule has 0 unspecified atom stereocenters. The fourth-order valence-corrected chi connectivity index (χ4v) is 2.08. The first kappa shape index (κ1) is 8.73. The van der Waals surface area contributed by atoms with E-state index in [4.69, 9.17) is 5.11 Å². The maximum atomic E-state index is 9.86. The molecule has 0 radical (unpaired) electrons. The topological polar surface area (TPSA) is 40.5 Å². The lowest BCUT2D eigenvalue weighted by Gasteiger charge is -2.12. The van der Waals surface area contributed by atoms with Gasteiger partial charge in [-0.2, -0.15) is 0 Å². The molecule has 1 aromatic carbocycles. The second-order valence-electron chi connectivity index (χ2n) is 3.62. The molecule has 0 saturated heterocycles. The molecule has 2 N–H and O–H groups in total. The average Bonchev–Trinajstić information content (AvgIpc) is 2.46. The van der Waals surface area contributed by atoms with Crippen molar-refractivity contribution in [1.29, 1.82) is 0 Å². The summed E-state index contributed by atoms with van der Waals surface area (Å²) in [7, 11) is 0. The van der Waals surface area contributed by atoms with Gasteiger partial charge in [-0.25, -0.2) is 0 Å². The van der Waals surface area contributed by atoms with Gasteiger partial charge in [0.1, 0.15) is 0 Å². The first-order chi connectivity index (χ1) is 6.33. The molecule has 2 nitrogen and oxygen atoms in total. The van der Waals surface area contributed by atoms with E-state index in [9.17, 15) is 5.11 Å². The average molecular weight is 178 g/mol. The van der Waals surface area contributed by atoms with E-state index in [0.29, 0.717) is 6.42 Å². The molecule has 0 fully saturated rings. The Balaban J connectivity index is 2.22. The maximum Gasteiger partial charge on any atom is 0.0824 e. The third-order valence-electron chi connectivity index (χ3n) is 2.80. The Morgan fingerprint density at radius 2 is 2.08 bits per heavy atom. The molecule has 1 aromatic rings. The van der Waals surface area contributed by atoms with Crippen molar-refractivity contribution < 1.29 is 10.2 Å². The lowest BCUT2D eigenvalue weighted by molar-refractivity contribution is 0.104. The van der Waals surface area contributed by atoms with Gasteiger partial charge < -0.3 is 10.2 Å². The number of rotatable bonds is 2. The molecule has 13 heavy (non-hydrogen) atoms. The van der Waals surface area contributed by atoms with Gasteiger partial charge in [-0.3, -0.25) is 0 Å². The minimum Gasteiger partial charge on any atom is -0.396 e. The van der Waals surface area contributed by atoms with Crippen LogP contribution in [0.1, 0.15) is 23.7 Å². The van der Waals surface area contributed by atoms with Gasteiger partial charge in [-0.05, 0) is 29.9 Å². The summed E-state index contributed by atoms with van der Waals surface area (Å²) in [5, 5.41) is 18.7. The Kier molecular flexibility index (Phi) is 2.34. The molecule has 2 atom stereocenters. The summed E-state index contributed by atoms with van der Waals surface area (Å²) in [6, 6.07) is 7.96. The van der Waals surface area contributed by atoms with Crippen molar-refractivity contribution in [1.82, 2.24) is 0 Å². The zero-order valence-electron chi connectivity index (χ0n) is 7.48. The van der Waals surface area contributed by atoms with E-state index < -0.39 is 0 Å². The summed E-state index contributed by atoms with van der Waals surface area (Å²) in [6.45, 7) is 0.162. The number of aliphatic hydroxyl groups is 2. The summed E-state index contributed by atoms with van der Waals surface area (Å²) in [5.41, 5.74) is 2.27. The monoisotopic (exact) mass is 178 g/mol. The zero-order chi connectivity index (χ0) is 9.26. The molecule has 0 amide bonds. The van der Waals surface area contributed by atoms with E-state index >= 15 is 0 Å². The highest BCUT2D eigenvalue weighted by molar-refractivity contribution is 5.34. The van der Waals surface area contributed by atoms with E-state index in [-0.39, 0.29) is 18.6 Å². The van der Waals surface area contributed by atoms with Crippen molar-refractivity contribution >= 4 is 0 Å². The molecule has 0 saturated carbocycles. The van der Waals surface area contributed by atoms with Crippen molar-refractivity contribution in [3.05, 3.63) is 35.4 Å². The van der Waals surface area contributed by atoms with Gasteiger partial charge in [0, 0.05) is 6.61 Å². The Bertz CT molecular complexity index is 296. The zero-order valence-corrected chi connectivity index (χ0v) is 7.48. The molecule has 0 aromatic heterocycles. The number of hydrogen-bond acceptors (Lipinski definition) is 2. The van der Waals surface area contributed by atoms with Crippen LogP contribution in [0.5, 0.6) is 0 Å². The third-order valence-corrected chi connectivity index (χ3v) is 2.80. The molecule has 0 heterocycles. The van der Waals surface area contributed by atoms with E-state index in [1.165, 1.54) is 5.56 Å². The predicted octanol–water partition coefficient (Wildman–Crippen LogP) is 1.27. The van der Waals surface area contributed by atoms with Crippen molar-refractivity contribution in [2.24, 2.45) is 5.92 Å². The van der Waals surface area contributed by atoms with Crippen molar-refractivity contribution in [2.45, 2.75) is 18.9 Å². The van der Waals surface area contributed by atoms with Crippen molar-refractivity contribution in [2.75, 3.05) is 6.61 Å². The number of benzene rings is 1. The normalized spacial score (nSPS) is 26.0. The highest BCUT2D eigenvalue weighted by Gasteiger charge is 2.29. The number of aliphatic hydroxyl groups excluding tert-OH is 2. The predicted molar refractivity (Wildman–Crippen MR) is 50.3 cm³/mol. The van der Waals surface area contributed by atoms with Gasteiger partial charge in [0.2, 0.25) is 0 Å². The maximum absolute atomic E-state index is 9.86. The van der Waals surface area contributed by atoms with Crippen LogP contribution in [0.3, 0.4) is 0 Å². The largest absolute Gasteiger partial charge is 0.396 e. The van der Waals surface area contributed by atoms with Gasteiger partial charge in [0.05, 0.1) is 6.10 Å². The lowest BCUT2D eigenvalue weighted by Crippen LogP contribution is -2.08. The first-order valence-corrected chi connectivity index (χ1v) is 4.69. The van der Waals surface area contributed by atoms with Crippen LogP contribution in [-0.2, 0) is 6.42 Å². The molecule has 0 spiro atoms. The molecular weight excluding hydrogens is 164 g/mol.